The van der Waals surface area contributed by atoms with Crippen molar-refractivity contribution in [3.63, 3.8) is 0 Å². The van der Waals surface area contributed by atoms with Crippen molar-refractivity contribution >= 4 is 0 Å². The van der Waals surface area contributed by atoms with Crippen molar-refractivity contribution in [1.29, 1.82) is 0 Å². The van der Waals surface area contributed by atoms with Crippen LogP contribution in [0.5, 0.6) is 0 Å². The van der Waals surface area contributed by atoms with E-state index in [0.29, 0.717) is 6.04 Å². The second-order valence-electron chi connectivity index (χ2n) is 5.81. The lowest BCUT2D eigenvalue weighted by Gasteiger charge is -2.22. The quantitative estimate of drug-likeness (QED) is 0.709. The lowest BCUT2D eigenvalue weighted by molar-refractivity contribution is 0.272. The minimum absolute atomic E-state index is 0.650. The fraction of sp³-hybridized carbons (Fsp3) is 0.529. The number of likely N-dealkylation sites (N-methyl/N-ethyl adjacent to an activating group) is 1. The molecule has 18 heavy (non-hydrogen) atoms. The molecule has 2 rings (SSSR count). The molecule has 1 aromatic rings. The van der Waals surface area contributed by atoms with Crippen LogP contribution < -0.4 is 0 Å². The average Bonchev–Trinajstić information content (AvgIpc) is 2.72. The van der Waals surface area contributed by atoms with E-state index in [1.165, 1.54) is 24.8 Å². The number of benzene rings is 1. The number of rotatable bonds is 5. The van der Waals surface area contributed by atoms with Gasteiger partial charge in [0.25, 0.3) is 0 Å². The Balaban J connectivity index is 1.80. The first-order chi connectivity index (χ1) is 8.66. The number of hydrogen-bond donors (Lipinski definition) is 0. The predicted octanol–water partition coefficient (Wildman–Crippen LogP) is 3.91. The molecule has 0 N–H and O–H groups in total. The molecule has 1 nitrogen and oxygen atoms in total. The van der Waals surface area contributed by atoms with Crippen molar-refractivity contribution in [1.82, 2.24) is 4.90 Å². The molecule has 0 unspecified atom stereocenters. The maximum atomic E-state index is 2.50. The van der Waals surface area contributed by atoms with Crippen LogP contribution in [0.2, 0.25) is 0 Å². The fourth-order valence-electron chi connectivity index (χ4n) is 2.88. The van der Waals surface area contributed by atoms with Crippen molar-refractivity contribution in [2.45, 2.75) is 39.2 Å². The molecule has 0 saturated carbocycles. The molecule has 0 radical (unpaired) electrons. The molecule has 0 saturated heterocycles. The molecule has 1 aliphatic rings. The van der Waals surface area contributed by atoms with Crippen molar-refractivity contribution in [2.24, 2.45) is 5.92 Å². The monoisotopic (exact) mass is 243 g/mol. The minimum Gasteiger partial charge on any atom is -0.296 e. The summed E-state index contributed by atoms with van der Waals surface area (Å²) in [6, 6.07) is 11.5. The highest BCUT2D eigenvalue weighted by molar-refractivity contribution is 5.18. The van der Waals surface area contributed by atoms with E-state index in [1.54, 1.807) is 5.57 Å². The third-order valence-electron chi connectivity index (χ3n) is 3.86. The van der Waals surface area contributed by atoms with E-state index in [4.69, 9.17) is 0 Å². The second-order valence-corrected chi connectivity index (χ2v) is 5.81. The van der Waals surface area contributed by atoms with Crippen LogP contribution in [0, 0.1) is 5.92 Å². The molecule has 1 heteroatoms. The Morgan fingerprint density at radius 1 is 1.17 bits per heavy atom. The van der Waals surface area contributed by atoms with Crippen LogP contribution in [0.25, 0.3) is 0 Å². The summed E-state index contributed by atoms with van der Waals surface area (Å²) in [5, 5.41) is 0. The smallest absolute Gasteiger partial charge is 0.0304 e. The van der Waals surface area contributed by atoms with Crippen LogP contribution in [-0.4, -0.2) is 24.5 Å². The molecular weight excluding hydrogens is 218 g/mol. The van der Waals surface area contributed by atoms with E-state index < -0.39 is 0 Å². The van der Waals surface area contributed by atoms with Crippen molar-refractivity contribution in [2.75, 3.05) is 13.6 Å². The average molecular weight is 243 g/mol. The number of hydrogen-bond acceptors (Lipinski definition) is 1. The van der Waals surface area contributed by atoms with Gasteiger partial charge in [-0.05, 0) is 37.8 Å². The third kappa shape index (κ3) is 3.46. The molecule has 1 heterocycles. The molecule has 1 aromatic carbocycles. The van der Waals surface area contributed by atoms with Crippen LogP contribution in [0.15, 0.2) is 42.0 Å². The zero-order chi connectivity index (χ0) is 13.0. The Morgan fingerprint density at radius 2 is 1.89 bits per heavy atom. The Labute approximate surface area is 112 Å². The largest absolute Gasteiger partial charge is 0.296 e. The van der Waals surface area contributed by atoms with Crippen LogP contribution >= 0.6 is 0 Å². The van der Waals surface area contributed by atoms with Gasteiger partial charge in [0, 0.05) is 12.6 Å². The highest BCUT2D eigenvalue weighted by atomic mass is 15.1. The first-order valence-electron chi connectivity index (χ1n) is 7.10. The molecule has 0 aromatic heterocycles. The van der Waals surface area contributed by atoms with E-state index >= 15 is 0 Å². The van der Waals surface area contributed by atoms with E-state index in [9.17, 15) is 0 Å². The SMILES string of the molecule is CC(C)[C@H]1C=C(CCCc2ccccc2)CN1C. The van der Waals surface area contributed by atoms with E-state index in [2.05, 4.69) is 62.2 Å². The van der Waals surface area contributed by atoms with Gasteiger partial charge in [-0.15, -0.1) is 0 Å². The summed E-state index contributed by atoms with van der Waals surface area (Å²) in [7, 11) is 2.24. The van der Waals surface area contributed by atoms with Gasteiger partial charge >= 0.3 is 0 Å². The lowest BCUT2D eigenvalue weighted by Crippen LogP contribution is -2.30. The Hall–Kier alpha value is -1.08. The Bertz CT molecular complexity index is 391. The van der Waals surface area contributed by atoms with Gasteiger partial charge in [-0.2, -0.15) is 0 Å². The Kier molecular flexibility index (Phi) is 4.60. The summed E-state index contributed by atoms with van der Waals surface area (Å²) in [6.45, 7) is 5.78. The van der Waals surface area contributed by atoms with Crippen molar-refractivity contribution in [3.8, 4) is 0 Å². The molecule has 98 valence electrons. The summed E-state index contributed by atoms with van der Waals surface area (Å²) in [4.78, 5) is 2.47. The third-order valence-corrected chi connectivity index (χ3v) is 3.86. The summed E-state index contributed by atoms with van der Waals surface area (Å²) >= 11 is 0. The maximum Gasteiger partial charge on any atom is 0.0304 e. The fourth-order valence-corrected chi connectivity index (χ4v) is 2.88. The normalized spacial score (nSPS) is 20.4. The molecular formula is C17H25N. The van der Waals surface area contributed by atoms with Gasteiger partial charge in [0.05, 0.1) is 0 Å². The van der Waals surface area contributed by atoms with Crippen LogP contribution in [0.3, 0.4) is 0 Å². The van der Waals surface area contributed by atoms with Crippen molar-refractivity contribution in [3.05, 3.63) is 47.5 Å². The molecule has 1 aliphatic heterocycles. The zero-order valence-electron chi connectivity index (χ0n) is 11.9. The lowest BCUT2D eigenvalue weighted by atomic mass is 10.0. The summed E-state index contributed by atoms with van der Waals surface area (Å²) < 4.78 is 0. The van der Waals surface area contributed by atoms with Gasteiger partial charge in [0.2, 0.25) is 0 Å². The molecule has 0 amide bonds. The van der Waals surface area contributed by atoms with Gasteiger partial charge in [-0.1, -0.05) is 55.8 Å². The molecule has 1 atom stereocenters. The Morgan fingerprint density at radius 3 is 2.50 bits per heavy atom. The molecule has 0 bridgehead atoms. The van der Waals surface area contributed by atoms with Crippen molar-refractivity contribution < 1.29 is 0 Å². The van der Waals surface area contributed by atoms with Gasteiger partial charge in [0.1, 0.15) is 0 Å². The predicted molar refractivity (Wildman–Crippen MR) is 78.7 cm³/mol. The molecule has 0 spiro atoms. The maximum absolute atomic E-state index is 2.50. The van der Waals surface area contributed by atoms with E-state index in [1.807, 2.05) is 0 Å². The van der Waals surface area contributed by atoms with Gasteiger partial charge < -0.3 is 0 Å². The van der Waals surface area contributed by atoms with Crippen LogP contribution in [-0.2, 0) is 6.42 Å². The standard InChI is InChI=1S/C17H25N/c1-14(2)17-12-16(13-18(17)3)11-7-10-15-8-5-4-6-9-15/h4-6,8-9,12,14,17H,7,10-11,13H2,1-3H3/t17-/m1/s1. The highest BCUT2D eigenvalue weighted by Crippen LogP contribution is 2.23. The van der Waals surface area contributed by atoms with Crippen LogP contribution in [0.4, 0.5) is 0 Å². The number of aryl methyl sites for hydroxylation is 1. The summed E-state index contributed by atoms with van der Waals surface area (Å²) in [5.41, 5.74) is 3.09. The summed E-state index contributed by atoms with van der Waals surface area (Å²) in [6.07, 6.45) is 6.22. The van der Waals surface area contributed by atoms with Gasteiger partial charge in [-0.25, -0.2) is 0 Å². The first kappa shape index (κ1) is 13.4. The zero-order valence-corrected chi connectivity index (χ0v) is 11.9. The number of nitrogens with zero attached hydrogens (tertiary/aromatic N) is 1. The van der Waals surface area contributed by atoms with E-state index in [0.717, 1.165) is 12.5 Å². The van der Waals surface area contributed by atoms with E-state index in [-0.39, 0.29) is 0 Å². The van der Waals surface area contributed by atoms with Gasteiger partial charge in [-0.3, -0.25) is 4.90 Å². The van der Waals surface area contributed by atoms with Crippen LogP contribution in [0.1, 0.15) is 32.3 Å². The van der Waals surface area contributed by atoms with Gasteiger partial charge in [0.15, 0.2) is 0 Å². The summed E-state index contributed by atoms with van der Waals surface area (Å²) in [5.74, 6) is 0.724. The highest BCUT2D eigenvalue weighted by Gasteiger charge is 2.23. The molecule has 0 aliphatic carbocycles. The first-order valence-corrected chi connectivity index (χ1v) is 7.10. The molecule has 0 fully saturated rings. The minimum atomic E-state index is 0.650. The topological polar surface area (TPSA) is 3.24 Å². The second kappa shape index (κ2) is 6.19.